The molecule has 0 aliphatic rings. The monoisotopic (exact) mass is 184 g/mol. The number of hydrogen-bond donors (Lipinski definition) is 0. The molecule has 0 heterocycles. The van der Waals surface area contributed by atoms with Crippen molar-refractivity contribution in [1.82, 2.24) is 0 Å². The summed E-state index contributed by atoms with van der Waals surface area (Å²) in [6, 6.07) is 0. The molecule has 0 aliphatic heterocycles. The van der Waals surface area contributed by atoms with Crippen molar-refractivity contribution < 1.29 is 9.47 Å². The SMILES string of the molecule is CC=C(/C=C\C)C(OCC)OCC. The van der Waals surface area contributed by atoms with E-state index in [1.807, 2.05) is 45.9 Å². The van der Waals surface area contributed by atoms with Gasteiger partial charge in [-0.25, -0.2) is 0 Å². The van der Waals surface area contributed by atoms with Gasteiger partial charge in [0.2, 0.25) is 0 Å². The van der Waals surface area contributed by atoms with E-state index in [0.29, 0.717) is 13.2 Å². The lowest BCUT2D eigenvalue weighted by molar-refractivity contribution is -0.109. The van der Waals surface area contributed by atoms with Crippen LogP contribution in [0.5, 0.6) is 0 Å². The molecule has 0 spiro atoms. The molecule has 0 aromatic carbocycles. The molecule has 0 saturated carbocycles. The van der Waals surface area contributed by atoms with Crippen molar-refractivity contribution >= 4 is 0 Å². The molecular weight excluding hydrogens is 164 g/mol. The number of ether oxygens (including phenoxy) is 2. The van der Waals surface area contributed by atoms with E-state index in [2.05, 4.69) is 0 Å². The van der Waals surface area contributed by atoms with Crippen LogP contribution in [0.4, 0.5) is 0 Å². The number of allylic oxidation sites excluding steroid dienone is 2. The third kappa shape index (κ3) is 4.86. The van der Waals surface area contributed by atoms with Gasteiger partial charge in [-0.2, -0.15) is 0 Å². The minimum Gasteiger partial charge on any atom is -0.349 e. The molecule has 0 saturated heterocycles. The topological polar surface area (TPSA) is 18.5 Å². The predicted octanol–water partition coefficient (Wildman–Crippen LogP) is 2.91. The molecule has 0 radical (unpaired) electrons. The molecule has 0 bridgehead atoms. The molecule has 76 valence electrons. The molecule has 0 aromatic rings. The summed E-state index contributed by atoms with van der Waals surface area (Å²) < 4.78 is 10.9. The molecular formula is C11H20O2. The van der Waals surface area contributed by atoms with Gasteiger partial charge in [-0.15, -0.1) is 0 Å². The van der Waals surface area contributed by atoms with Crippen LogP contribution >= 0.6 is 0 Å². The van der Waals surface area contributed by atoms with Crippen LogP contribution in [0.1, 0.15) is 27.7 Å². The Hall–Kier alpha value is -0.600. The Labute approximate surface area is 81.2 Å². The van der Waals surface area contributed by atoms with E-state index >= 15 is 0 Å². The molecule has 0 unspecified atom stereocenters. The molecule has 0 amide bonds. The van der Waals surface area contributed by atoms with E-state index in [1.54, 1.807) is 0 Å². The first-order valence-electron chi connectivity index (χ1n) is 4.82. The van der Waals surface area contributed by atoms with Gasteiger partial charge in [0.15, 0.2) is 6.29 Å². The normalized spacial score (nSPS) is 13.2. The first-order chi connectivity index (χ1) is 6.29. The fourth-order valence-electron chi connectivity index (χ4n) is 1.05. The largest absolute Gasteiger partial charge is 0.349 e. The van der Waals surface area contributed by atoms with Gasteiger partial charge >= 0.3 is 0 Å². The number of hydrogen-bond acceptors (Lipinski definition) is 2. The van der Waals surface area contributed by atoms with Crippen molar-refractivity contribution in [1.29, 1.82) is 0 Å². The standard InChI is InChI=1S/C11H20O2/c1-5-9-10(6-2)11(12-7-3)13-8-4/h5-6,9,11H,7-8H2,1-4H3/b9-5-,10-6?. The smallest absolute Gasteiger partial charge is 0.183 e. The Morgan fingerprint density at radius 2 is 1.69 bits per heavy atom. The van der Waals surface area contributed by atoms with Crippen molar-refractivity contribution in [3.63, 3.8) is 0 Å². The lowest BCUT2D eigenvalue weighted by Crippen LogP contribution is -2.19. The maximum Gasteiger partial charge on any atom is 0.183 e. The maximum absolute atomic E-state index is 5.45. The van der Waals surface area contributed by atoms with Gasteiger partial charge in [-0.1, -0.05) is 18.2 Å². The number of rotatable bonds is 6. The third-order valence-corrected chi connectivity index (χ3v) is 1.60. The summed E-state index contributed by atoms with van der Waals surface area (Å²) in [5, 5.41) is 0. The summed E-state index contributed by atoms with van der Waals surface area (Å²) in [6.07, 6.45) is 5.79. The van der Waals surface area contributed by atoms with E-state index in [1.165, 1.54) is 0 Å². The maximum atomic E-state index is 5.45. The third-order valence-electron chi connectivity index (χ3n) is 1.60. The van der Waals surface area contributed by atoms with Crippen LogP contribution in [0.2, 0.25) is 0 Å². The summed E-state index contributed by atoms with van der Waals surface area (Å²) in [5.41, 5.74) is 1.08. The van der Waals surface area contributed by atoms with Crippen LogP contribution in [0.25, 0.3) is 0 Å². The van der Waals surface area contributed by atoms with Crippen LogP contribution in [0.15, 0.2) is 23.8 Å². The van der Waals surface area contributed by atoms with Crippen LogP contribution in [0.3, 0.4) is 0 Å². The zero-order valence-corrected chi connectivity index (χ0v) is 9.04. The van der Waals surface area contributed by atoms with E-state index in [4.69, 9.17) is 9.47 Å². The predicted molar refractivity (Wildman–Crippen MR) is 55.6 cm³/mol. The van der Waals surface area contributed by atoms with Crippen LogP contribution in [-0.4, -0.2) is 19.5 Å². The van der Waals surface area contributed by atoms with E-state index < -0.39 is 0 Å². The Morgan fingerprint density at radius 1 is 1.15 bits per heavy atom. The van der Waals surface area contributed by atoms with Crippen molar-refractivity contribution in [3.8, 4) is 0 Å². The molecule has 2 heteroatoms. The van der Waals surface area contributed by atoms with Crippen molar-refractivity contribution in [2.75, 3.05) is 13.2 Å². The lowest BCUT2D eigenvalue weighted by Gasteiger charge is -2.17. The Balaban J connectivity index is 4.30. The lowest BCUT2D eigenvalue weighted by atomic mass is 10.2. The van der Waals surface area contributed by atoms with Crippen molar-refractivity contribution in [2.45, 2.75) is 34.0 Å². The second kappa shape index (κ2) is 8.02. The fraction of sp³-hybridized carbons (Fsp3) is 0.636. The van der Waals surface area contributed by atoms with Gasteiger partial charge in [-0.05, 0) is 27.7 Å². The van der Waals surface area contributed by atoms with Crippen LogP contribution < -0.4 is 0 Å². The van der Waals surface area contributed by atoms with Crippen molar-refractivity contribution in [3.05, 3.63) is 23.8 Å². The summed E-state index contributed by atoms with van der Waals surface area (Å²) in [6.45, 7) is 9.24. The minimum atomic E-state index is -0.212. The zero-order chi connectivity index (χ0) is 10.1. The molecule has 0 fully saturated rings. The Bertz CT molecular complexity index is 165. The molecule has 0 aliphatic carbocycles. The van der Waals surface area contributed by atoms with E-state index in [0.717, 1.165) is 5.57 Å². The molecule has 13 heavy (non-hydrogen) atoms. The Kier molecular flexibility index (Phi) is 7.65. The summed E-state index contributed by atoms with van der Waals surface area (Å²) in [4.78, 5) is 0. The summed E-state index contributed by atoms with van der Waals surface area (Å²) in [5.74, 6) is 0. The quantitative estimate of drug-likeness (QED) is 0.467. The van der Waals surface area contributed by atoms with Gasteiger partial charge in [0.05, 0.1) is 0 Å². The van der Waals surface area contributed by atoms with E-state index in [-0.39, 0.29) is 6.29 Å². The van der Waals surface area contributed by atoms with Gasteiger partial charge < -0.3 is 9.47 Å². The average Bonchev–Trinajstić information content (AvgIpc) is 2.14. The second-order valence-corrected chi connectivity index (χ2v) is 2.53. The average molecular weight is 184 g/mol. The van der Waals surface area contributed by atoms with Gasteiger partial charge in [0, 0.05) is 18.8 Å². The van der Waals surface area contributed by atoms with Crippen molar-refractivity contribution in [2.24, 2.45) is 0 Å². The first-order valence-corrected chi connectivity index (χ1v) is 4.82. The minimum absolute atomic E-state index is 0.212. The van der Waals surface area contributed by atoms with Gasteiger partial charge in [-0.3, -0.25) is 0 Å². The zero-order valence-electron chi connectivity index (χ0n) is 9.04. The molecule has 0 N–H and O–H groups in total. The van der Waals surface area contributed by atoms with Gasteiger partial charge in [0.1, 0.15) is 0 Å². The van der Waals surface area contributed by atoms with Crippen LogP contribution in [-0.2, 0) is 9.47 Å². The van der Waals surface area contributed by atoms with E-state index in [9.17, 15) is 0 Å². The second-order valence-electron chi connectivity index (χ2n) is 2.53. The highest BCUT2D eigenvalue weighted by Gasteiger charge is 2.10. The summed E-state index contributed by atoms with van der Waals surface area (Å²) in [7, 11) is 0. The molecule has 2 nitrogen and oxygen atoms in total. The first kappa shape index (κ1) is 12.4. The fourth-order valence-corrected chi connectivity index (χ4v) is 1.05. The highest BCUT2D eigenvalue weighted by molar-refractivity contribution is 5.20. The molecule has 0 atom stereocenters. The highest BCUT2D eigenvalue weighted by Crippen LogP contribution is 2.10. The Morgan fingerprint density at radius 3 is 2.00 bits per heavy atom. The van der Waals surface area contributed by atoms with Gasteiger partial charge in [0.25, 0.3) is 0 Å². The highest BCUT2D eigenvalue weighted by atomic mass is 16.7. The summed E-state index contributed by atoms with van der Waals surface area (Å²) >= 11 is 0. The molecule has 0 rings (SSSR count). The van der Waals surface area contributed by atoms with Crippen LogP contribution in [0, 0.1) is 0 Å². The molecule has 0 aromatic heterocycles.